The number of rotatable bonds is 7. The van der Waals surface area contributed by atoms with Gasteiger partial charge in [-0.25, -0.2) is 0 Å². The highest BCUT2D eigenvalue weighted by molar-refractivity contribution is 5.81. The molecule has 1 amide bonds. The fourth-order valence-electron chi connectivity index (χ4n) is 1.75. The van der Waals surface area contributed by atoms with E-state index in [2.05, 4.69) is 4.74 Å². The number of carbonyl (C=O) groups excluding carboxylic acids is 2. The lowest BCUT2D eigenvalue weighted by molar-refractivity contribution is -0.143. The Morgan fingerprint density at radius 3 is 2.55 bits per heavy atom. The summed E-state index contributed by atoms with van der Waals surface area (Å²) in [6.45, 7) is 0.813. The molecule has 0 heterocycles. The molecule has 1 aromatic rings. The third-order valence-corrected chi connectivity index (χ3v) is 2.83. The minimum atomic E-state index is -0.404. The summed E-state index contributed by atoms with van der Waals surface area (Å²) >= 11 is 0. The molecule has 0 radical (unpaired) electrons. The van der Waals surface area contributed by atoms with E-state index in [-0.39, 0.29) is 25.2 Å². The molecular formula is C15H18N2O3. The van der Waals surface area contributed by atoms with Gasteiger partial charge in [-0.3, -0.25) is 9.59 Å². The van der Waals surface area contributed by atoms with Crippen LogP contribution in [-0.2, 0) is 20.9 Å². The van der Waals surface area contributed by atoms with Gasteiger partial charge < -0.3 is 9.64 Å². The smallest absolute Gasteiger partial charge is 0.306 e. The fourth-order valence-corrected chi connectivity index (χ4v) is 1.75. The number of benzene rings is 1. The Morgan fingerprint density at radius 2 is 1.95 bits per heavy atom. The lowest BCUT2D eigenvalue weighted by atomic mass is 10.2. The number of carbonyl (C=O) groups is 2. The van der Waals surface area contributed by atoms with Crippen LogP contribution < -0.4 is 0 Å². The minimum absolute atomic E-state index is 0.0627. The summed E-state index contributed by atoms with van der Waals surface area (Å²) in [5.74, 6) is -0.548. The normalized spacial score (nSPS) is 9.60. The van der Waals surface area contributed by atoms with Crippen LogP contribution in [0.4, 0.5) is 0 Å². The van der Waals surface area contributed by atoms with Gasteiger partial charge in [0.25, 0.3) is 0 Å². The van der Waals surface area contributed by atoms with Crippen molar-refractivity contribution in [3.05, 3.63) is 35.9 Å². The molecule has 1 aromatic carbocycles. The molecule has 0 fully saturated rings. The average Bonchev–Trinajstić information content (AvgIpc) is 2.49. The number of ether oxygens (including phenoxy) is 1. The maximum Gasteiger partial charge on any atom is 0.306 e. The molecule has 0 N–H and O–H groups in total. The monoisotopic (exact) mass is 274 g/mol. The van der Waals surface area contributed by atoms with E-state index >= 15 is 0 Å². The second-order valence-electron chi connectivity index (χ2n) is 4.29. The molecule has 1 rings (SSSR count). The van der Waals surface area contributed by atoms with E-state index in [1.54, 1.807) is 4.90 Å². The van der Waals surface area contributed by atoms with Crippen LogP contribution in [0.5, 0.6) is 0 Å². The second-order valence-corrected chi connectivity index (χ2v) is 4.29. The van der Waals surface area contributed by atoms with Crippen molar-refractivity contribution in [2.24, 2.45) is 0 Å². The number of nitriles is 1. The molecule has 0 aliphatic heterocycles. The van der Waals surface area contributed by atoms with Gasteiger partial charge in [0.1, 0.15) is 0 Å². The van der Waals surface area contributed by atoms with Gasteiger partial charge in [0.2, 0.25) is 5.91 Å². The summed E-state index contributed by atoms with van der Waals surface area (Å²) in [6, 6.07) is 11.6. The van der Waals surface area contributed by atoms with Crippen molar-refractivity contribution in [3.63, 3.8) is 0 Å². The Morgan fingerprint density at radius 1 is 1.25 bits per heavy atom. The van der Waals surface area contributed by atoms with Gasteiger partial charge in [0, 0.05) is 19.5 Å². The summed E-state index contributed by atoms with van der Waals surface area (Å²) in [6.07, 6.45) is 0.439. The zero-order chi connectivity index (χ0) is 14.8. The van der Waals surface area contributed by atoms with Crippen LogP contribution in [0.2, 0.25) is 0 Å². The molecule has 0 atom stereocenters. The maximum absolute atomic E-state index is 12.1. The average molecular weight is 274 g/mol. The minimum Gasteiger partial charge on any atom is -0.469 e. The lowest BCUT2D eigenvalue weighted by Gasteiger charge is -2.21. The van der Waals surface area contributed by atoms with Crippen molar-refractivity contribution in [2.75, 3.05) is 13.7 Å². The van der Waals surface area contributed by atoms with E-state index in [1.807, 2.05) is 36.4 Å². The van der Waals surface area contributed by atoms with E-state index < -0.39 is 5.97 Å². The van der Waals surface area contributed by atoms with Crippen LogP contribution >= 0.6 is 0 Å². The molecular weight excluding hydrogens is 256 g/mol. The van der Waals surface area contributed by atoms with Gasteiger partial charge in [-0.2, -0.15) is 5.26 Å². The van der Waals surface area contributed by atoms with Crippen LogP contribution in [0.15, 0.2) is 30.3 Å². The van der Waals surface area contributed by atoms with Crippen molar-refractivity contribution in [3.8, 4) is 6.07 Å². The third-order valence-electron chi connectivity index (χ3n) is 2.83. The molecule has 0 aromatic heterocycles. The summed E-state index contributed by atoms with van der Waals surface area (Å²) in [7, 11) is 1.30. The zero-order valence-corrected chi connectivity index (χ0v) is 11.5. The Bertz CT molecular complexity index is 480. The number of hydrogen-bond acceptors (Lipinski definition) is 4. The molecule has 106 valence electrons. The van der Waals surface area contributed by atoms with Crippen LogP contribution in [0, 0.1) is 11.3 Å². The summed E-state index contributed by atoms with van der Waals surface area (Å²) in [5, 5.41) is 8.66. The van der Waals surface area contributed by atoms with Gasteiger partial charge in [-0.1, -0.05) is 30.3 Å². The Labute approximate surface area is 118 Å². The predicted octanol–water partition coefficient (Wildman–Crippen LogP) is 1.88. The molecule has 0 spiro atoms. The van der Waals surface area contributed by atoms with Crippen molar-refractivity contribution in [1.82, 2.24) is 4.90 Å². The lowest BCUT2D eigenvalue weighted by Crippen LogP contribution is -2.31. The molecule has 0 saturated carbocycles. The van der Waals surface area contributed by atoms with Crippen molar-refractivity contribution in [1.29, 1.82) is 5.26 Å². The van der Waals surface area contributed by atoms with Gasteiger partial charge in [0.05, 0.1) is 26.0 Å². The van der Waals surface area contributed by atoms with Gasteiger partial charge in [-0.05, 0) is 5.56 Å². The van der Waals surface area contributed by atoms with E-state index in [0.717, 1.165) is 5.56 Å². The predicted molar refractivity (Wildman–Crippen MR) is 73.3 cm³/mol. The topological polar surface area (TPSA) is 70.4 Å². The van der Waals surface area contributed by atoms with E-state index in [9.17, 15) is 9.59 Å². The van der Waals surface area contributed by atoms with Crippen molar-refractivity contribution >= 4 is 11.9 Å². The van der Waals surface area contributed by atoms with E-state index in [0.29, 0.717) is 13.1 Å². The molecule has 0 aliphatic carbocycles. The molecule has 20 heavy (non-hydrogen) atoms. The fraction of sp³-hybridized carbons (Fsp3) is 0.400. The summed E-state index contributed by atoms with van der Waals surface area (Å²) in [5.41, 5.74) is 0.997. The quantitative estimate of drug-likeness (QED) is 0.712. The number of methoxy groups -OCH3 is 1. The van der Waals surface area contributed by atoms with Gasteiger partial charge >= 0.3 is 5.97 Å². The number of esters is 1. The van der Waals surface area contributed by atoms with Crippen molar-refractivity contribution < 1.29 is 14.3 Å². The summed E-state index contributed by atoms with van der Waals surface area (Å²) < 4.78 is 4.52. The molecule has 5 heteroatoms. The number of nitrogens with zero attached hydrogens (tertiary/aromatic N) is 2. The van der Waals surface area contributed by atoms with Crippen molar-refractivity contribution in [2.45, 2.75) is 25.8 Å². The van der Waals surface area contributed by atoms with Gasteiger partial charge in [0.15, 0.2) is 0 Å². The third kappa shape index (κ3) is 5.53. The maximum atomic E-state index is 12.1. The first-order chi connectivity index (χ1) is 9.67. The highest BCUT2D eigenvalue weighted by Crippen LogP contribution is 2.08. The largest absolute Gasteiger partial charge is 0.469 e. The zero-order valence-electron chi connectivity index (χ0n) is 11.5. The summed E-state index contributed by atoms with van der Waals surface area (Å²) in [4.78, 5) is 24.7. The first kappa shape index (κ1) is 15.7. The SMILES string of the molecule is COC(=O)CCC(=O)N(CCC#N)Cc1ccccc1. The molecule has 0 aliphatic rings. The van der Waals surface area contributed by atoms with E-state index in [1.165, 1.54) is 7.11 Å². The first-order valence-corrected chi connectivity index (χ1v) is 6.43. The molecule has 5 nitrogen and oxygen atoms in total. The highest BCUT2D eigenvalue weighted by Gasteiger charge is 2.15. The van der Waals surface area contributed by atoms with E-state index in [4.69, 9.17) is 5.26 Å². The first-order valence-electron chi connectivity index (χ1n) is 6.43. The van der Waals surface area contributed by atoms with Crippen LogP contribution in [0.3, 0.4) is 0 Å². The Balaban J connectivity index is 2.61. The molecule has 0 unspecified atom stereocenters. The highest BCUT2D eigenvalue weighted by atomic mass is 16.5. The van der Waals surface area contributed by atoms with Crippen LogP contribution in [0.1, 0.15) is 24.8 Å². The number of hydrogen-bond donors (Lipinski definition) is 0. The molecule has 0 saturated heterocycles. The van der Waals surface area contributed by atoms with Crippen LogP contribution in [0.25, 0.3) is 0 Å². The number of amides is 1. The standard InChI is InChI=1S/C15H18N2O3/c1-20-15(19)9-8-14(18)17(11-5-10-16)12-13-6-3-2-4-7-13/h2-4,6-7H,5,8-9,11-12H2,1H3. The molecule has 0 bridgehead atoms. The van der Waals surface area contributed by atoms with Gasteiger partial charge in [-0.15, -0.1) is 0 Å². The second kappa shape index (κ2) is 8.70. The Kier molecular flexibility index (Phi) is 6.83. The van der Waals surface area contributed by atoms with Crippen LogP contribution in [-0.4, -0.2) is 30.4 Å². The Hall–Kier alpha value is -2.35.